The number of carbonyl (C=O) groups is 3. The number of carboxylic acids is 1. The van der Waals surface area contributed by atoms with Gasteiger partial charge in [0, 0.05) is 11.6 Å². The number of benzene rings is 1. The number of ketones is 1. The highest BCUT2D eigenvalue weighted by Crippen LogP contribution is 2.11. The number of nitrogens with one attached hydrogen (secondary N) is 1. The third kappa shape index (κ3) is 4.09. The van der Waals surface area contributed by atoms with E-state index in [9.17, 15) is 23.6 Å². The van der Waals surface area contributed by atoms with Crippen LogP contribution in [0.25, 0.3) is 10.8 Å². The molecular weight excluding hydrogens is 331 g/mol. The molecule has 0 spiro atoms. The van der Waals surface area contributed by atoms with Crippen LogP contribution >= 0.6 is 0 Å². The van der Waals surface area contributed by atoms with Gasteiger partial charge in [0.1, 0.15) is 18.8 Å². The number of fused-ring (bicyclic) bond motifs is 1. The summed E-state index contributed by atoms with van der Waals surface area (Å²) in [6.45, 7) is 0.0474. The van der Waals surface area contributed by atoms with Gasteiger partial charge < -0.3 is 15.0 Å². The zero-order valence-corrected chi connectivity index (χ0v) is 13.4. The number of rotatable bonds is 7. The van der Waals surface area contributed by atoms with E-state index in [0.717, 1.165) is 0 Å². The van der Waals surface area contributed by atoms with Crippen LogP contribution in [-0.4, -0.2) is 40.0 Å². The molecule has 0 aliphatic carbocycles. The maximum absolute atomic E-state index is 12.6. The number of carboxylic acid groups (broad SMARTS) is 1. The van der Waals surface area contributed by atoms with Crippen molar-refractivity contribution in [2.45, 2.75) is 25.4 Å². The normalized spacial score (nSPS) is 13.2. The molecule has 7 nitrogen and oxygen atoms in total. The third-order valence-corrected chi connectivity index (χ3v) is 3.85. The van der Waals surface area contributed by atoms with Crippen LogP contribution < -0.4 is 10.9 Å². The minimum absolute atomic E-state index is 0.396. The predicted molar refractivity (Wildman–Crippen MR) is 88.1 cm³/mol. The number of nitrogens with zero attached hydrogens (tertiary/aromatic N) is 1. The molecule has 25 heavy (non-hydrogen) atoms. The Kier molecular flexibility index (Phi) is 5.63. The highest BCUT2D eigenvalue weighted by Gasteiger charge is 2.26. The quantitative estimate of drug-likeness (QED) is 0.778. The molecule has 1 aromatic heterocycles. The van der Waals surface area contributed by atoms with Gasteiger partial charge in [0.2, 0.25) is 5.91 Å². The van der Waals surface area contributed by atoms with Crippen molar-refractivity contribution in [2.75, 3.05) is 6.67 Å². The van der Waals surface area contributed by atoms with Crippen molar-refractivity contribution < 1.29 is 23.9 Å². The number of carbonyl (C=O) groups excluding carboxylic acids is 2. The standard InChI is InChI=1S/C17H17FN2O5/c1-10(16(24)19-13(8-15(22)23)14(21)9-18)20-7-6-11-4-2-3-5-12(11)17(20)25/h2-7,10,13H,8-9H2,1H3,(H,19,24)(H,22,23). The summed E-state index contributed by atoms with van der Waals surface area (Å²) in [6, 6.07) is 6.05. The fraction of sp³-hybridized carbons (Fsp3) is 0.294. The highest BCUT2D eigenvalue weighted by molar-refractivity contribution is 5.93. The van der Waals surface area contributed by atoms with E-state index in [1.165, 1.54) is 17.7 Å². The molecule has 8 heteroatoms. The Morgan fingerprint density at radius 1 is 1.24 bits per heavy atom. The van der Waals surface area contributed by atoms with Gasteiger partial charge in [0.05, 0.1) is 6.42 Å². The summed E-state index contributed by atoms with van der Waals surface area (Å²) in [5.74, 6) is -3.12. The van der Waals surface area contributed by atoms with Crippen LogP contribution in [0, 0.1) is 0 Å². The van der Waals surface area contributed by atoms with E-state index in [1.54, 1.807) is 30.3 Å². The number of amides is 1. The molecule has 1 amide bonds. The van der Waals surface area contributed by atoms with Gasteiger partial charge in [-0.25, -0.2) is 4.39 Å². The molecule has 0 fully saturated rings. The summed E-state index contributed by atoms with van der Waals surface area (Å²) in [7, 11) is 0. The van der Waals surface area contributed by atoms with Crippen molar-refractivity contribution in [2.24, 2.45) is 0 Å². The molecule has 0 aliphatic heterocycles. The Balaban J connectivity index is 2.27. The number of aromatic nitrogens is 1. The first-order valence-corrected chi connectivity index (χ1v) is 7.56. The number of halogens is 1. The van der Waals surface area contributed by atoms with Crippen molar-refractivity contribution >= 4 is 28.4 Å². The summed E-state index contributed by atoms with van der Waals surface area (Å²) < 4.78 is 13.7. The largest absolute Gasteiger partial charge is 0.481 e. The minimum atomic E-state index is -1.48. The highest BCUT2D eigenvalue weighted by atomic mass is 19.1. The first kappa shape index (κ1) is 18.3. The van der Waals surface area contributed by atoms with E-state index < -0.39 is 48.4 Å². The zero-order valence-electron chi connectivity index (χ0n) is 13.4. The molecule has 2 rings (SSSR count). The van der Waals surface area contributed by atoms with Gasteiger partial charge >= 0.3 is 5.97 Å². The molecule has 0 saturated heterocycles. The first-order chi connectivity index (χ1) is 11.8. The molecule has 2 aromatic rings. The smallest absolute Gasteiger partial charge is 0.305 e. The van der Waals surface area contributed by atoms with Crippen molar-refractivity contribution in [3.63, 3.8) is 0 Å². The van der Waals surface area contributed by atoms with Gasteiger partial charge in [0.25, 0.3) is 5.56 Å². The Hall–Kier alpha value is -3.03. The number of Topliss-reactive ketones (excluding diaryl/α,β-unsaturated/α-hetero) is 1. The Morgan fingerprint density at radius 3 is 2.56 bits per heavy atom. The number of aliphatic carboxylic acids is 1. The molecule has 2 unspecified atom stereocenters. The molecule has 0 aliphatic rings. The summed E-state index contributed by atoms with van der Waals surface area (Å²) in [6.07, 6.45) is 0.714. The Labute approximate surface area is 142 Å². The molecule has 2 atom stereocenters. The molecule has 132 valence electrons. The van der Waals surface area contributed by atoms with Crippen LogP contribution in [0.3, 0.4) is 0 Å². The second-order valence-corrected chi connectivity index (χ2v) is 5.55. The number of pyridine rings is 1. The van der Waals surface area contributed by atoms with Gasteiger partial charge in [-0.3, -0.25) is 19.2 Å². The van der Waals surface area contributed by atoms with Crippen LogP contribution in [0.2, 0.25) is 0 Å². The fourth-order valence-corrected chi connectivity index (χ4v) is 2.44. The van der Waals surface area contributed by atoms with E-state index in [0.29, 0.717) is 10.8 Å². The average molecular weight is 348 g/mol. The maximum atomic E-state index is 12.6. The number of hydrogen-bond acceptors (Lipinski definition) is 4. The fourth-order valence-electron chi connectivity index (χ4n) is 2.44. The van der Waals surface area contributed by atoms with E-state index in [2.05, 4.69) is 5.32 Å². The SMILES string of the molecule is CC(C(=O)NC(CC(=O)O)C(=O)CF)n1ccc2ccccc2c1=O. The lowest BCUT2D eigenvalue weighted by Gasteiger charge is -2.19. The van der Waals surface area contributed by atoms with Crippen molar-refractivity contribution in [3.8, 4) is 0 Å². The second kappa shape index (κ2) is 7.69. The Morgan fingerprint density at radius 2 is 1.92 bits per heavy atom. The zero-order chi connectivity index (χ0) is 18.6. The van der Waals surface area contributed by atoms with Gasteiger partial charge in [-0.1, -0.05) is 18.2 Å². The van der Waals surface area contributed by atoms with Gasteiger partial charge in [0.15, 0.2) is 5.78 Å². The lowest BCUT2D eigenvalue weighted by atomic mass is 10.1. The molecule has 0 bridgehead atoms. The summed E-state index contributed by atoms with van der Waals surface area (Å²) in [5, 5.41) is 12.1. The maximum Gasteiger partial charge on any atom is 0.305 e. The number of alkyl halides is 1. The van der Waals surface area contributed by atoms with Crippen LogP contribution in [0.1, 0.15) is 19.4 Å². The van der Waals surface area contributed by atoms with E-state index in [4.69, 9.17) is 5.11 Å². The lowest BCUT2D eigenvalue weighted by Crippen LogP contribution is -2.46. The van der Waals surface area contributed by atoms with E-state index >= 15 is 0 Å². The van der Waals surface area contributed by atoms with Crippen LogP contribution in [-0.2, 0) is 14.4 Å². The van der Waals surface area contributed by atoms with Crippen LogP contribution in [0.4, 0.5) is 4.39 Å². The summed E-state index contributed by atoms with van der Waals surface area (Å²) in [4.78, 5) is 47.0. The van der Waals surface area contributed by atoms with Gasteiger partial charge in [-0.15, -0.1) is 0 Å². The molecule has 0 radical (unpaired) electrons. The average Bonchev–Trinajstić information content (AvgIpc) is 2.60. The van der Waals surface area contributed by atoms with Gasteiger partial charge in [-0.2, -0.15) is 0 Å². The number of hydrogen-bond donors (Lipinski definition) is 2. The Bertz CT molecular complexity index is 877. The monoisotopic (exact) mass is 348 g/mol. The van der Waals surface area contributed by atoms with Crippen molar-refractivity contribution in [1.82, 2.24) is 9.88 Å². The second-order valence-electron chi connectivity index (χ2n) is 5.55. The first-order valence-electron chi connectivity index (χ1n) is 7.56. The topological polar surface area (TPSA) is 105 Å². The molecule has 0 saturated carbocycles. The van der Waals surface area contributed by atoms with E-state index in [1.807, 2.05) is 0 Å². The summed E-state index contributed by atoms with van der Waals surface area (Å²) in [5.41, 5.74) is -0.396. The predicted octanol–water partition coefficient (Wildman–Crippen LogP) is 1.06. The van der Waals surface area contributed by atoms with Crippen molar-refractivity contribution in [1.29, 1.82) is 0 Å². The van der Waals surface area contributed by atoms with Crippen LogP contribution in [0.5, 0.6) is 0 Å². The van der Waals surface area contributed by atoms with Gasteiger partial charge in [-0.05, 0) is 24.4 Å². The molecule has 2 N–H and O–H groups in total. The van der Waals surface area contributed by atoms with Crippen LogP contribution in [0.15, 0.2) is 41.3 Å². The molecule has 1 heterocycles. The van der Waals surface area contributed by atoms with E-state index in [-0.39, 0.29) is 0 Å². The third-order valence-electron chi connectivity index (χ3n) is 3.85. The summed E-state index contributed by atoms with van der Waals surface area (Å²) >= 11 is 0. The molecule has 1 aromatic carbocycles. The minimum Gasteiger partial charge on any atom is -0.481 e. The molecular formula is C17H17FN2O5. The lowest BCUT2D eigenvalue weighted by molar-refractivity contribution is -0.140. The van der Waals surface area contributed by atoms with Crippen molar-refractivity contribution in [3.05, 3.63) is 46.9 Å².